The molecule has 0 aliphatic rings. The van der Waals surface area contributed by atoms with Crippen molar-refractivity contribution in [1.82, 2.24) is 0 Å². The van der Waals surface area contributed by atoms with Gasteiger partial charge in [0.25, 0.3) is 0 Å². The van der Waals surface area contributed by atoms with Crippen LogP contribution in [0.2, 0.25) is 0 Å². The highest BCUT2D eigenvalue weighted by molar-refractivity contribution is 5.19. The predicted octanol–water partition coefficient (Wildman–Crippen LogP) is 2.57. The van der Waals surface area contributed by atoms with E-state index >= 15 is 0 Å². The first-order chi connectivity index (χ1) is 7.75. The Bertz CT molecular complexity index is 343. The maximum Gasteiger partial charge on any atom is 0.0767 e. The van der Waals surface area contributed by atoms with Crippen LogP contribution in [0.15, 0.2) is 54.6 Å². The molecule has 0 heterocycles. The van der Waals surface area contributed by atoms with Crippen LogP contribution in [0.1, 0.15) is 24.9 Å². The summed E-state index contributed by atoms with van der Waals surface area (Å²) in [5, 5.41) is 9.87. The van der Waals surface area contributed by atoms with Gasteiger partial charge in [-0.25, -0.2) is 0 Å². The number of nitrogens with two attached hydrogens (primary N) is 1. The first-order valence-electron chi connectivity index (χ1n) is 5.52. The van der Waals surface area contributed by atoms with E-state index < -0.39 is 6.10 Å². The normalized spacial score (nSPS) is 15.7. The molecule has 0 saturated carbocycles. The van der Waals surface area contributed by atoms with Gasteiger partial charge < -0.3 is 10.8 Å². The van der Waals surface area contributed by atoms with Gasteiger partial charge in [0.1, 0.15) is 0 Å². The number of rotatable bonds is 5. The van der Waals surface area contributed by atoms with Crippen molar-refractivity contribution in [3.8, 4) is 0 Å². The number of hydrogen-bond acceptors (Lipinski definition) is 2. The molecule has 0 aliphatic heterocycles. The van der Waals surface area contributed by atoms with Gasteiger partial charge in [-0.2, -0.15) is 0 Å². The van der Waals surface area contributed by atoms with E-state index in [2.05, 4.69) is 0 Å². The Morgan fingerprint density at radius 2 is 1.94 bits per heavy atom. The Labute approximate surface area is 97.1 Å². The lowest BCUT2D eigenvalue weighted by atomic mass is 10.0. The van der Waals surface area contributed by atoms with Gasteiger partial charge >= 0.3 is 0 Å². The van der Waals surface area contributed by atoms with Crippen LogP contribution in [0.25, 0.3) is 0 Å². The summed E-state index contributed by atoms with van der Waals surface area (Å²) in [5.74, 6) is 0. The van der Waals surface area contributed by atoms with Gasteiger partial charge in [-0.05, 0) is 18.9 Å². The molecule has 0 fully saturated rings. The summed E-state index contributed by atoms with van der Waals surface area (Å²) in [5.41, 5.74) is 6.92. The average Bonchev–Trinajstić information content (AvgIpc) is 2.34. The monoisotopic (exact) mass is 217 g/mol. The topological polar surface area (TPSA) is 46.2 Å². The highest BCUT2D eigenvalue weighted by atomic mass is 16.3. The molecule has 86 valence electrons. The number of benzene rings is 1. The molecule has 2 nitrogen and oxygen atoms in total. The second-order valence-electron chi connectivity index (χ2n) is 3.69. The average molecular weight is 217 g/mol. The van der Waals surface area contributed by atoms with Crippen LogP contribution in [0.3, 0.4) is 0 Å². The van der Waals surface area contributed by atoms with Gasteiger partial charge in [0, 0.05) is 0 Å². The van der Waals surface area contributed by atoms with Crippen molar-refractivity contribution < 1.29 is 5.11 Å². The lowest BCUT2D eigenvalue weighted by molar-refractivity contribution is 0.148. The van der Waals surface area contributed by atoms with Crippen LogP contribution in [-0.4, -0.2) is 11.2 Å². The third-order valence-corrected chi connectivity index (χ3v) is 2.42. The fourth-order valence-corrected chi connectivity index (χ4v) is 1.45. The molecule has 3 N–H and O–H groups in total. The number of aliphatic hydroxyl groups is 1. The second kappa shape index (κ2) is 6.99. The Morgan fingerprint density at radius 1 is 1.25 bits per heavy atom. The zero-order valence-corrected chi connectivity index (χ0v) is 9.58. The molecule has 0 aliphatic carbocycles. The summed E-state index contributed by atoms with van der Waals surface area (Å²) in [4.78, 5) is 0. The fourth-order valence-electron chi connectivity index (χ4n) is 1.45. The van der Waals surface area contributed by atoms with Crippen LogP contribution in [-0.2, 0) is 0 Å². The van der Waals surface area contributed by atoms with Crippen LogP contribution >= 0.6 is 0 Å². The van der Waals surface area contributed by atoms with Gasteiger partial charge in [-0.1, -0.05) is 54.6 Å². The SMILES string of the molecule is CC=CC=CCC(O)C(N)c1ccccc1. The minimum absolute atomic E-state index is 0.323. The number of allylic oxidation sites excluding steroid dienone is 3. The van der Waals surface area contributed by atoms with E-state index in [0.717, 1.165) is 5.56 Å². The summed E-state index contributed by atoms with van der Waals surface area (Å²) < 4.78 is 0. The quantitative estimate of drug-likeness (QED) is 0.745. The Hall–Kier alpha value is -1.38. The standard InChI is InChI=1S/C14H19NO/c1-2-3-4-8-11-13(16)14(15)12-9-6-5-7-10-12/h2-10,13-14,16H,11,15H2,1H3. The van der Waals surface area contributed by atoms with E-state index in [1.165, 1.54) is 0 Å². The van der Waals surface area contributed by atoms with Crippen molar-refractivity contribution >= 4 is 0 Å². The Morgan fingerprint density at radius 3 is 2.56 bits per heavy atom. The van der Waals surface area contributed by atoms with Crippen molar-refractivity contribution in [2.45, 2.75) is 25.5 Å². The maximum atomic E-state index is 9.87. The highest BCUT2D eigenvalue weighted by Crippen LogP contribution is 2.16. The van der Waals surface area contributed by atoms with Gasteiger partial charge in [0.15, 0.2) is 0 Å². The summed E-state index contributed by atoms with van der Waals surface area (Å²) >= 11 is 0. The molecule has 0 bridgehead atoms. The van der Waals surface area contributed by atoms with Crippen molar-refractivity contribution in [3.05, 3.63) is 60.2 Å². The van der Waals surface area contributed by atoms with Crippen LogP contribution in [0, 0.1) is 0 Å². The molecule has 0 spiro atoms. The first kappa shape index (κ1) is 12.7. The molecule has 0 amide bonds. The molecule has 2 unspecified atom stereocenters. The fraction of sp³-hybridized carbons (Fsp3) is 0.286. The van der Waals surface area contributed by atoms with E-state index in [1.807, 2.05) is 61.6 Å². The van der Waals surface area contributed by atoms with Gasteiger partial charge in [-0.15, -0.1) is 0 Å². The lowest BCUT2D eigenvalue weighted by Crippen LogP contribution is -2.25. The van der Waals surface area contributed by atoms with E-state index in [9.17, 15) is 5.11 Å². The first-order valence-corrected chi connectivity index (χ1v) is 5.52. The van der Waals surface area contributed by atoms with E-state index in [4.69, 9.17) is 5.73 Å². The smallest absolute Gasteiger partial charge is 0.0767 e. The molecular formula is C14H19NO. The molecule has 16 heavy (non-hydrogen) atoms. The van der Waals surface area contributed by atoms with Crippen molar-refractivity contribution in [2.24, 2.45) is 5.73 Å². The third-order valence-electron chi connectivity index (χ3n) is 2.42. The zero-order chi connectivity index (χ0) is 11.8. The number of hydrogen-bond donors (Lipinski definition) is 2. The summed E-state index contributed by atoms with van der Waals surface area (Å²) in [6.45, 7) is 1.95. The van der Waals surface area contributed by atoms with E-state index in [0.29, 0.717) is 6.42 Å². The van der Waals surface area contributed by atoms with Gasteiger partial charge in [-0.3, -0.25) is 0 Å². The summed E-state index contributed by atoms with van der Waals surface area (Å²) in [7, 11) is 0. The third kappa shape index (κ3) is 4.01. The molecule has 2 atom stereocenters. The Balaban J connectivity index is 2.51. The minimum Gasteiger partial charge on any atom is -0.391 e. The lowest BCUT2D eigenvalue weighted by Gasteiger charge is -2.17. The van der Waals surface area contributed by atoms with Crippen molar-refractivity contribution in [3.63, 3.8) is 0 Å². The Kier molecular flexibility index (Phi) is 5.54. The maximum absolute atomic E-state index is 9.87. The molecule has 1 aromatic rings. The molecule has 0 aromatic heterocycles. The molecule has 1 rings (SSSR count). The summed E-state index contributed by atoms with van der Waals surface area (Å²) in [6.07, 6.45) is 7.75. The van der Waals surface area contributed by atoms with Crippen molar-refractivity contribution in [2.75, 3.05) is 0 Å². The van der Waals surface area contributed by atoms with Gasteiger partial charge in [0.05, 0.1) is 12.1 Å². The van der Waals surface area contributed by atoms with E-state index in [-0.39, 0.29) is 6.04 Å². The summed E-state index contributed by atoms with van der Waals surface area (Å²) in [6, 6.07) is 9.34. The van der Waals surface area contributed by atoms with Crippen LogP contribution in [0.5, 0.6) is 0 Å². The van der Waals surface area contributed by atoms with E-state index in [1.54, 1.807) is 0 Å². The highest BCUT2D eigenvalue weighted by Gasteiger charge is 2.14. The van der Waals surface area contributed by atoms with Crippen molar-refractivity contribution in [1.29, 1.82) is 0 Å². The van der Waals surface area contributed by atoms with Crippen LogP contribution < -0.4 is 5.73 Å². The van der Waals surface area contributed by atoms with Gasteiger partial charge in [0.2, 0.25) is 0 Å². The number of aliphatic hydroxyl groups excluding tert-OH is 1. The molecule has 0 saturated heterocycles. The zero-order valence-electron chi connectivity index (χ0n) is 9.58. The molecule has 2 heteroatoms. The predicted molar refractivity (Wildman–Crippen MR) is 67.9 cm³/mol. The molecule has 1 aromatic carbocycles. The van der Waals surface area contributed by atoms with Crippen LogP contribution in [0.4, 0.5) is 0 Å². The molecule has 0 radical (unpaired) electrons. The largest absolute Gasteiger partial charge is 0.391 e. The minimum atomic E-state index is -0.538. The molecular weight excluding hydrogens is 198 g/mol. The second-order valence-corrected chi connectivity index (χ2v) is 3.69.